The van der Waals surface area contributed by atoms with E-state index in [0.29, 0.717) is 0 Å². The van der Waals surface area contributed by atoms with Crippen LogP contribution in [0.5, 0.6) is 0 Å². The molecule has 0 aliphatic heterocycles. The lowest BCUT2D eigenvalue weighted by Gasteiger charge is -2.32. The minimum atomic E-state index is 0.837. The van der Waals surface area contributed by atoms with E-state index in [1.807, 2.05) is 0 Å². The van der Waals surface area contributed by atoms with Crippen LogP contribution in [0.25, 0.3) is 0 Å². The minimum Gasteiger partial charge on any atom is -0.0651 e. The molecule has 0 saturated heterocycles. The fourth-order valence-electron chi connectivity index (χ4n) is 7.44. The largest absolute Gasteiger partial charge is 0.0651 e. The smallest absolute Gasteiger partial charge is 0.0162 e. The normalized spacial score (nSPS) is 33.8. The van der Waals surface area contributed by atoms with Crippen LogP contribution >= 0.6 is 0 Å². The SMILES string of the molecule is CCC1CCC(CCC2CCC(CCc3ccc(C4CCC(CC)CC4)cc3)CC2)CC1. The molecule has 0 amide bonds. The molecule has 0 aromatic heterocycles. The maximum absolute atomic E-state index is 2.47. The van der Waals surface area contributed by atoms with E-state index in [1.165, 1.54) is 116 Å². The Morgan fingerprint density at radius 2 is 0.906 bits per heavy atom. The lowest BCUT2D eigenvalue weighted by molar-refractivity contribution is 0.212. The van der Waals surface area contributed by atoms with E-state index in [1.54, 1.807) is 11.1 Å². The number of aryl methyl sites for hydroxylation is 1. The van der Waals surface area contributed by atoms with Crippen molar-refractivity contribution in [2.45, 2.75) is 135 Å². The van der Waals surface area contributed by atoms with Gasteiger partial charge in [0, 0.05) is 0 Å². The lowest BCUT2D eigenvalue weighted by Crippen LogP contribution is -2.18. The third-order valence-corrected chi connectivity index (χ3v) is 10.2. The zero-order chi connectivity index (χ0) is 22.2. The average Bonchev–Trinajstić information content (AvgIpc) is 2.87. The Morgan fingerprint density at radius 3 is 1.38 bits per heavy atom. The molecule has 0 heteroatoms. The fraction of sp³-hybridized carbons (Fsp3) is 0.812. The maximum Gasteiger partial charge on any atom is -0.0162 e. The summed E-state index contributed by atoms with van der Waals surface area (Å²) in [7, 11) is 0. The summed E-state index contributed by atoms with van der Waals surface area (Å²) in [5.41, 5.74) is 3.20. The summed E-state index contributed by atoms with van der Waals surface area (Å²) >= 11 is 0. The van der Waals surface area contributed by atoms with Crippen molar-refractivity contribution in [3.63, 3.8) is 0 Å². The van der Waals surface area contributed by atoms with Crippen LogP contribution in [0.2, 0.25) is 0 Å². The Labute approximate surface area is 200 Å². The van der Waals surface area contributed by atoms with Crippen molar-refractivity contribution in [1.29, 1.82) is 0 Å². The first-order chi connectivity index (χ1) is 15.7. The molecular formula is C32H52. The predicted molar refractivity (Wildman–Crippen MR) is 140 cm³/mol. The van der Waals surface area contributed by atoms with E-state index in [-0.39, 0.29) is 0 Å². The second-order valence-electron chi connectivity index (χ2n) is 12.2. The van der Waals surface area contributed by atoms with Gasteiger partial charge < -0.3 is 0 Å². The van der Waals surface area contributed by atoms with Crippen molar-refractivity contribution in [1.82, 2.24) is 0 Å². The van der Waals surface area contributed by atoms with E-state index in [2.05, 4.69) is 38.1 Å². The van der Waals surface area contributed by atoms with E-state index in [9.17, 15) is 0 Å². The highest BCUT2D eigenvalue weighted by Gasteiger charge is 2.25. The van der Waals surface area contributed by atoms with Crippen molar-refractivity contribution >= 4 is 0 Å². The molecule has 4 rings (SSSR count). The molecule has 0 spiro atoms. The van der Waals surface area contributed by atoms with Gasteiger partial charge in [-0.15, -0.1) is 0 Å². The highest BCUT2D eigenvalue weighted by Crippen LogP contribution is 2.39. The molecule has 3 aliphatic carbocycles. The van der Waals surface area contributed by atoms with Gasteiger partial charge in [-0.2, -0.15) is 0 Å². The molecule has 1 aromatic rings. The first-order valence-electron chi connectivity index (χ1n) is 14.8. The van der Waals surface area contributed by atoms with Crippen LogP contribution in [0.15, 0.2) is 24.3 Å². The Hall–Kier alpha value is -0.780. The number of rotatable bonds is 9. The minimum absolute atomic E-state index is 0.837. The zero-order valence-corrected chi connectivity index (χ0v) is 21.5. The Morgan fingerprint density at radius 1 is 0.500 bits per heavy atom. The van der Waals surface area contributed by atoms with Crippen LogP contribution in [0.4, 0.5) is 0 Å². The molecule has 0 bridgehead atoms. The summed E-state index contributed by atoms with van der Waals surface area (Å²) in [4.78, 5) is 0. The van der Waals surface area contributed by atoms with E-state index < -0.39 is 0 Å². The molecule has 32 heavy (non-hydrogen) atoms. The van der Waals surface area contributed by atoms with E-state index in [4.69, 9.17) is 0 Å². The second-order valence-corrected chi connectivity index (χ2v) is 12.2. The highest BCUT2D eigenvalue weighted by molar-refractivity contribution is 5.26. The quantitative estimate of drug-likeness (QED) is 0.361. The molecule has 1 aromatic carbocycles. The van der Waals surface area contributed by atoms with Crippen LogP contribution in [-0.2, 0) is 6.42 Å². The molecule has 0 unspecified atom stereocenters. The standard InChI is InChI=1S/C32H52/c1-3-25-5-7-27(8-6-25)9-10-28-11-13-29(14-12-28)15-16-30-19-23-32(24-20-30)31-21-17-26(4-2)18-22-31/h19-20,23-29,31H,3-18,21-22H2,1-2H3. The Kier molecular flexibility index (Phi) is 9.60. The molecule has 180 valence electrons. The Bertz CT molecular complexity index is 619. The van der Waals surface area contributed by atoms with Gasteiger partial charge in [0.05, 0.1) is 0 Å². The Balaban J connectivity index is 1.10. The summed E-state index contributed by atoms with van der Waals surface area (Å²) in [5, 5.41) is 0. The summed E-state index contributed by atoms with van der Waals surface area (Å²) in [6.07, 6.45) is 26.5. The van der Waals surface area contributed by atoms with Crippen LogP contribution in [0.1, 0.15) is 140 Å². The highest BCUT2D eigenvalue weighted by atomic mass is 14.3. The maximum atomic E-state index is 2.47. The van der Waals surface area contributed by atoms with Crippen molar-refractivity contribution in [2.75, 3.05) is 0 Å². The van der Waals surface area contributed by atoms with E-state index >= 15 is 0 Å². The van der Waals surface area contributed by atoms with Gasteiger partial charge in [-0.1, -0.05) is 115 Å². The molecule has 0 N–H and O–H groups in total. The van der Waals surface area contributed by atoms with Gasteiger partial charge in [-0.3, -0.25) is 0 Å². The summed E-state index contributed by atoms with van der Waals surface area (Å²) in [6, 6.07) is 9.86. The number of benzene rings is 1. The molecule has 0 heterocycles. The summed E-state index contributed by atoms with van der Waals surface area (Å²) in [6.45, 7) is 4.75. The van der Waals surface area contributed by atoms with Crippen LogP contribution in [-0.4, -0.2) is 0 Å². The summed E-state index contributed by atoms with van der Waals surface area (Å²) in [5.74, 6) is 6.01. The van der Waals surface area contributed by atoms with Gasteiger partial charge in [0.1, 0.15) is 0 Å². The summed E-state index contributed by atoms with van der Waals surface area (Å²) < 4.78 is 0. The van der Waals surface area contributed by atoms with Crippen LogP contribution in [0.3, 0.4) is 0 Å². The first-order valence-corrected chi connectivity index (χ1v) is 14.8. The monoisotopic (exact) mass is 436 g/mol. The zero-order valence-electron chi connectivity index (χ0n) is 21.5. The van der Waals surface area contributed by atoms with Crippen molar-refractivity contribution in [2.24, 2.45) is 29.6 Å². The third-order valence-electron chi connectivity index (χ3n) is 10.2. The molecule has 3 aliphatic rings. The fourth-order valence-corrected chi connectivity index (χ4v) is 7.44. The van der Waals surface area contributed by atoms with Gasteiger partial charge >= 0.3 is 0 Å². The van der Waals surface area contributed by atoms with E-state index in [0.717, 1.165) is 35.5 Å². The van der Waals surface area contributed by atoms with Crippen LogP contribution < -0.4 is 0 Å². The van der Waals surface area contributed by atoms with Crippen LogP contribution in [0, 0.1) is 29.6 Å². The number of hydrogen-bond donors (Lipinski definition) is 0. The van der Waals surface area contributed by atoms with Gasteiger partial charge in [-0.25, -0.2) is 0 Å². The molecule has 0 radical (unpaired) electrons. The van der Waals surface area contributed by atoms with Gasteiger partial charge in [-0.05, 0) is 85.2 Å². The molecule has 3 fully saturated rings. The lowest BCUT2D eigenvalue weighted by atomic mass is 9.74. The molecule has 0 nitrogen and oxygen atoms in total. The topological polar surface area (TPSA) is 0 Å². The second kappa shape index (κ2) is 12.6. The van der Waals surface area contributed by atoms with Gasteiger partial charge in [0.25, 0.3) is 0 Å². The number of hydrogen-bond acceptors (Lipinski definition) is 0. The third kappa shape index (κ3) is 7.11. The predicted octanol–water partition coefficient (Wildman–Crippen LogP) is 10.1. The first kappa shape index (κ1) is 24.3. The van der Waals surface area contributed by atoms with Crippen molar-refractivity contribution < 1.29 is 0 Å². The molecule has 3 saturated carbocycles. The van der Waals surface area contributed by atoms with Crippen molar-refractivity contribution in [3.05, 3.63) is 35.4 Å². The van der Waals surface area contributed by atoms with Gasteiger partial charge in [0.15, 0.2) is 0 Å². The van der Waals surface area contributed by atoms with Gasteiger partial charge in [0.2, 0.25) is 0 Å². The molecule has 0 atom stereocenters. The molecular weight excluding hydrogens is 384 g/mol. The van der Waals surface area contributed by atoms with Crippen molar-refractivity contribution in [3.8, 4) is 0 Å². The average molecular weight is 437 g/mol.